The number of benzene rings is 14. The third-order valence-corrected chi connectivity index (χ3v) is 24.7. The van der Waals surface area contributed by atoms with Crippen LogP contribution in [0.15, 0.2) is 243 Å². The van der Waals surface area contributed by atoms with E-state index in [1.807, 2.05) is 48.5 Å². The number of nitrogens with two attached hydrogens (primary N) is 2. The zero-order valence-electron chi connectivity index (χ0n) is 60.5. The summed E-state index contributed by atoms with van der Waals surface area (Å²) in [5.74, 6) is -69.6. The molecule has 0 heterocycles. The Morgan fingerprint density at radius 3 is 0.733 bits per heavy atom. The zero-order valence-corrected chi connectivity index (χ0v) is 64.8. The number of hydrogen-bond acceptors (Lipinski definition) is 4. The van der Waals surface area contributed by atoms with E-state index in [9.17, 15) is 52.7 Å². The monoisotopic (exact) mass is 1750 g/mol. The van der Waals surface area contributed by atoms with Crippen molar-refractivity contribution in [3.8, 4) is 22.6 Å². The molecule has 0 bridgehead atoms. The Morgan fingerprint density at radius 2 is 0.509 bits per heavy atom. The average molecular weight is 1750 g/mol. The van der Waals surface area contributed by atoms with Gasteiger partial charge in [0.05, 0.1) is 19.8 Å². The largest absolute Gasteiger partial charge is 2.00 e. The molecule has 4 nitrogen and oxygen atoms in total. The summed E-state index contributed by atoms with van der Waals surface area (Å²) >= 11 is 0. The summed E-state index contributed by atoms with van der Waals surface area (Å²) in [6, 6.07) is 87.1. The van der Waals surface area contributed by atoms with Crippen molar-refractivity contribution in [2.24, 2.45) is 17.4 Å². The molecule has 14 aromatic carbocycles. The Morgan fingerprint density at radius 1 is 0.293 bits per heavy atom. The number of rotatable bonds is 17. The summed E-state index contributed by atoms with van der Waals surface area (Å²) in [4.78, 5) is 0. The van der Waals surface area contributed by atoms with Gasteiger partial charge in [0, 0.05) is 6.04 Å². The maximum Gasteiger partial charge on any atom is 2.00 e. The molecule has 596 valence electrons. The molecule has 0 amide bonds. The molecule has 4 N–H and O–H groups in total. The Labute approximate surface area is 672 Å². The summed E-state index contributed by atoms with van der Waals surface area (Å²) in [5.41, 5.74) is 2.89. The van der Waals surface area contributed by atoms with Crippen LogP contribution in [-0.2, 0) is 25.0 Å². The van der Waals surface area contributed by atoms with Gasteiger partial charge in [-0.25, -0.2) is 87.8 Å². The van der Waals surface area contributed by atoms with Crippen molar-refractivity contribution >= 4 is 97.2 Å². The van der Waals surface area contributed by atoms with E-state index in [2.05, 4.69) is 208 Å². The predicted octanol–water partition coefficient (Wildman–Crippen LogP) is 14.9. The first-order chi connectivity index (χ1) is 54.5. The molecule has 0 radical (unpaired) electrons. The van der Waals surface area contributed by atoms with Crippen molar-refractivity contribution in [3.05, 3.63) is 370 Å². The number of methoxy groups -OCH3 is 2. The van der Waals surface area contributed by atoms with Gasteiger partial charge in [0.25, 0.3) is 0 Å². The summed E-state index contributed by atoms with van der Waals surface area (Å²) in [6.45, 7) is 4.17. The molecule has 0 aliphatic carbocycles. The second-order valence-corrected chi connectivity index (χ2v) is 30.6. The normalized spacial score (nSPS) is 11.8. The minimum atomic E-state index is -7.22. The molecule has 14 rings (SSSR count). The van der Waals surface area contributed by atoms with Gasteiger partial charge in [0.2, 0.25) is 0 Å². The van der Waals surface area contributed by atoms with Gasteiger partial charge in [-0.15, -0.1) is 21.9 Å². The van der Waals surface area contributed by atoms with Crippen LogP contribution in [0.3, 0.4) is 0 Å². The first kappa shape index (κ1) is 87.9. The smallest absolute Gasteiger partial charge is 1.00 e. The first-order valence-corrected chi connectivity index (χ1v) is 37.1. The van der Waals surface area contributed by atoms with Gasteiger partial charge >= 0.3 is 19.5 Å². The van der Waals surface area contributed by atoms with Gasteiger partial charge in [-0.3, -0.25) is 0 Å². The van der Waals surface area contributed by atoms with Crippen LogP contribution < -0.4 is 87.0 Å². The molecule has 29 heteroatoms. The second-order valence-electron chi connectivity index (χ2n) is 26.3. The van der Waals surface area contributed by atoms with E-state index in [1.54, 1.807) is 14.2 Å². The van der Waals surface area contributed by atoms with Crippen LogP contribution in [-0.4, -0.2) is 26.4 Å². The van der Waals surface area contributed by atoms with Crippen LogP contribution in [0.5, 0.6) is 11.5 Å². The van der Waals surface area contributed by atoms with Crippen molar-refractivity contribution in [1.82, 2.24) is 0 Å². The molecule has 1 unspecified atom stereocenters. The summed E-state index contributed by atoms with van der Waals surface area (Å²) in [7, 11) is 1.59. The molecule has 1 atom stereocenters. The molecule has 116 heavy (non-hydrogen) atoms. The Kier molecular flexibility index (Phi) is 27.6. The molecule has 0 aliphatic rings. The molecule has 0 spiro atoms. The molecule has 0 saturated heterocycles. The van der Waals surface area contributed by atoms with E-state index in [4.69, 9.17) is 20.9 Å². The Bertz CT molecular complexity index is 5270. The fraction of sp³-hybridized carbons (Fsp3) is 0.0805. The van der Waals surface area contributed by atoms with Crippen molar-refractivity contribution in [3.63, 3.8) is 0 Å². The Balaban J connectivity index is 0.000000192. The second kappa shape index (κ2) is 36.4. The Hall–Kier alpha value is -10.4. The van der Waals surface area contributed by atoms with E-state index < -0.39 is 166 Å². The standard InChI is InChI=1S/C44H32P2.C24BF20.C19H26N2O2.ClH.Ru/c1-5-19-35(20-6-1)45(36-21-7-2-8-22-36)41-31-29-33-17-13-15-27-39(33)43(41)44-40-28-16-14-18-34(40)30-32-42(44)46(37-23-9-3-10-24-37)38-25-11-4-12-26-38;26-5-1(6(27)14(35)21(42)13(5)34)25(2-7(28)15(36)22(43)16(37)8(2)29,3-9(30)17(38)23(44)18(39)10(3)31)4-11(32)19(40)24(45)20(41)12(4)33;1-13(2)18(20)19(21,14-5-9-16(22-3)10-6-14)15-7-11-17(23-4)12-8-15;;/h1-32H;;5-13,18H,20-21H2,1-4H3;1H;/q;-1;;;+2/p-1. The van der Waals surface area contributed by atoms with E-state index in [-0.39, 0.29) is 43.8 Å². The third-order valence-electron chi connectivity index (χ3n) is 19.7. The van der Waals surface area contributed by atoms with Crippen LogP contribution in [0.1, 0.15) is 25.0 Å². The van der Waals surface area contributed by atoms with E-state index >= 15 is 35.1 Å². The van der Waals surface area contributed by atoms with Gasteiger partial charge in [0.1, 0.15) is 64.2 Å². The topological polar surface area (TPSA) is 70.5 Å². The maximum absolute atomic E-state index is 15.4. The number of ether oxygens (including phenoxy) is 2. The molecule has 0 saturated carbocycles. The zero-order chi connectivity index (χ0) is 82.1. The fourth-order valence-corrected chi connectivity index (χ4v) is 19.2. The van der Waals surface area contributed by atoms with Gasteiger partial charge in [-0.2, -0.15) is 0 Å². The quantitative estimate of drug-likeness (QED) is 0.0313. The van der Waals surface area contributed by atoms with Gasteiger partial charge in [0.15, 0.2) is 69.8 Å². The number of halogens is 21. The molecular formula is C87H58BClF20N2O2P2Ru. The fourth-order valence-electron chi connectivity index (χ4n) is 14.3. The molecule has 14 aromatic rings. The van der Waals surface area contributed by atoms with Crippen LogP contribution in [0, 0.1) is 122 Å². The van der Waals surface area contributed by atoms with E-state index in [0.717, 1.165) is 22.6 Å². The van der Waals surface area contributed by atoms with Crippen molar-refractivity contribution in [1.29, 1.82) is 0 Å². The maximum atomic E-state index is 15.4. The summed E-state index contributed by atoms with van der Waals surface area (Å²) in [6.07, 6.45) is -7.22. The van der Waals surface area contributed by atoms with Crippen LogP contribution in [0.25, 0.3) is 32.7 Å². The summed E-state index contributed by atoms with van der Waals surface area (Å²) < 4.78 is 304. The molecule has 0 fully saturated rings. The van der Waals surface area contributed by atoms with E-state index in [1.165, 1.54) is 64.5 Å². The van der Waals surface area contributed by atoms with Crippen LogP contribution in [0.2, 0.25) is 0 Å². The number of fused-ring (bicyclic) bond motifs is 2. The van der Waals surface area contributed by atoms with E-state index in [0.29, 0.717) is 0 Å². The SMILES string of the molecule is COc1ccc(C(N)(c2ccc(OC)cc2)C(N)C(C)C)cc1.Fc1c(F)c(F)c([B-](c2c(F)c(F)c(F)c(F)c2F)(c2c(F)c(F)c(F)c(F)c2F)c2c(F)c(F)c(F)c(F)c2F)c(F)c1F.[Cl-].[Ru+2].c1ccc(P(c2ccccc2)c2ccc3ccccc3c2-c2c(P(c3ccccc3)c3ccccc3)ccc3ccccc23)cc1. The predicted molar refractivity (Wildman–Crippen MR) is 407 cm³/mol. The van der Waals surface area contributed by atoms with Gasteiger partial charge in [-0.05, 0) is 122 Å². The third kappa shape index (κ3) is 15.7. The number of hydrogen-bond donors (Lipinski definition) is 2. The van der Waals surface area contributed by atoms with Crippen molar-refractivity contribution in [2.45, 2.75) is 25.4 Å². The van der Waals surface area contributed by atoms with Gasteiger partial charge < -0.3 is 33.3 Å². The summed E-state index contributed by atoms with van der Waals surface area (Å²) in [5, 5.41) is 13.3. The molecule has 0 aromatic heterocycles. The average Bonchev–Trinajstić information content (AvgIpc) is 0.679. The van der Waals surface area contributed by atoms with Gasteiger partial charge in [-0.1, -0.05) is 232 Å². The van der Waals surface area contributed by atoms with Crippen LogP contribution >= 0.6 is 15.8 Å². The van der Waals surface area contributed by atoms with Crippen molar-refractivity contribution < 1.29 is 129 Å². The molecular weight excluding hydrogens is 1690 g/mol. The molecule has 0 aliphatic heterocycles. The first-order valence-electron chi connectivity index (χ1n) is 34.4. The van der Waals surface area contributed by atoms with Crippen LogP contribution in [0.4, 0.5) is 87.8 Å². The van der Waals surface area contributed by atoms with Crippen molar-refractivity contribution in [2.75, 3.05) is 14.2 Å². The minimum Gasteiger partial charge on any atom is -1.00 e. The minimum absolute atomic E-state index is 0.